The molecule has 0 aromatic heterocycles. The molecule has 3 unspecified atom stereocenters. The number of nitrogens with one attached hydrogen (secondary N) is 2. The van der Waals surface area contributed by atoms with Crippen molar-refractivity contribution < 1.29 is 4.79 Å². The van der Waals surface area contributed by atoms with Gasteiger partial charge in [-0.1, -0.05) is 52.0 Å². The Morgan fingerprint density at radius 1 is 1.09 bits per heavy atom. The van der Waals surface area contributed by atoms with Crippen LogP contribution in [0.15, 0.2) is 29.3 Å². The molecule has 2 aliphatic rings. The van der Waals surface area contributed by atoms with Gasteiger partial charge < -0.3 is 15.5 Å². The van der Waals surface area contributed by atoms with E-state index in [4.69, 9.17) is 4.99 Å². The minimum Gasteiger partial charge on any atom is -0.357 e. The fourth-order valence-electron chi connectivity index (χ4n) is 5.06. The second-order valence-electron chi connectivity index (χ2n) is 10.2. The molecule has 0 spiro atoms. The molecule has 1 aromatic carbocycles. The summed E-state index contributed by atoms with van der Waals surface area (Å²) in [5.74, 6) is 2.71. The standard InChI is InChI=1S/C26H43N5O/c1-6-27-26(29-24-11-12-31(18-24)25(32)19(2)3)28-14-22-7-9-23(10-8-22)17-30-15-20(4)13-21(5)16-30/h7-10,19-21,24H,6,11-18H2,1-5H3,(H2,27,28,29). The zero-order valence-electron chi connectivity index (χ0n) is 20.7. The van der Waals surface area contributed by atoms with Gasteiger partial charge in [0, 0.05) is 51.2 Å². The molecular formula is C26H43N5O. The van der Waals surface area contributed by atoms with E-state index in [1.54, 1.807) is 0 Å². The number of nitrogens with zero attached hydrogens (tertiary/aromatic N) is 3. The number of hydrogen-bond donors (Lipinski definition) is 2. The molecule has 1 aromatic rings. The monoisotopic (exact) mass is 441 g/mol. The Labute approximate surface area is 194 Å². The highest BCUT2D eigenvalue weighted by molar-refractivity contribution is 5.81. The van der Waals surface area contributed by atoms with Crippen molar-refractivity contribution in [1.29, 1.82) is 0 Å². The van der Waals surface area contributed by atoms with Crippen molar-refractivity contribution in [2.24, 2.45) is 22.7 Å². The first-order chi connectivity index (χ1) is 15.3. The lowest BCUT2D eigenvalue weighted by Crippen LogP contribution is -2.45. The SMILES string of the molecule is CCNC(=NCc1ccc(CN2CC(C)CC(C)C2)cc1)NC1CCN(C(=O)C(C)C)C1. The van der Waals surface area contributed by atoms with Crippen LogP contribution < -0.4 is 10.6 Å². The molecule has 3 rings (SSSR count). The van der Waals surface area contributed by atoms with Crippen molar-refractivity contribution in [3.8, 4) is 0 Å². The molecule has 2 N–H and O–H groups in total. The molecule has 0 radical (unpaired) electrons. The first-order valence-electron chi connectivity index (χ1n) is 12.5. The van der Waals surface area contributed by atoms with Gasteiger partial charge in [0.25, 0.3) is 0 Å². The van der Waals surface area contributed by atoms with Crippen LogP contribution >= 0.6 is 0 Å². The van der Waals surface area contributed by atoms with Crippen molar-refractivity contribution in [2.75, 3.05) is 32.7 Å². The largest absolute Gasteiger partial charge is 0.357 e. The summed E-state index contributed by atoms with van der Waals surface area (Å²) in [6, 6.07) is 9.17. The van der Waals surface area contributed by atoms with E-state index >= 15 is 0 Å². The van der Waals surface area contributed by atoms with Crippen LogP contribution in [0.5, 0.6) is 0 Å². The molecule has 3 atom stereocenters. The third-order valence-electron chi connectivity index (χ3n) is 6.47. The van der Waals surface area contributed by atoms with Crippen LogP contribution in [0, 0.1) is 17.8 Å². The minimum absolute atomic E-state index is 0.0559. The third kappa shape index (κ3) is 7.22. The Balaban J connectivity index is 1.52. The molecule has 178 valence electrons. The number of carbonyl (C=O) groups excluding carboxylic acids is 1. The van der Waals surface area contributed by atoms with E-state index in [0.29, 0.717) is 6.54 Å². The molecule has 6 heteroatoms. The van der Waals surface area contributed by atoms with Crippen LogP contribution in [-0.4, -0.2) is 60.4 Å². The van der Waals surface area contributed by atoms with Gasteiger partial charge in [0.15, 0.2) is 5.96 Å². The van der Waals surface area contributed by atoms with Gasteiger partial charge in [-0.15, -0.1) is 0 Å². The van der Waals surface area contributed by atoms with E-state index in [2.05, 4.69) is 60.6 Å². The summed E-state index contributed by atoms with van der Waals surface area (Å²) in [6.45, 7) is 17.2. The van der Waals surface area contributed by atoms with Gasteiger partial charge in [-0.2, -0.15) is 0 Å². The zero-order valence-corrected chi connectivity index (χ0v) is 20.7. The van der Waals surface area contributed by atoms with Crippen LogP contribution in [-0.2, 0) is 17.9 Å². The molecular weight excluding hydrogens is 398 g/mol. The number of amides is 1. The lowest BCUT2D eigenvalue weighted by atomic mass is 9.91. The highest BCUT2D eigenvalue weighted by Gasteiger charge is 2.28. The number of piperidine rings is 1. The Morgan fingerprint density at radius 2 is 1.75 bits per heavy atom. The summed E-state index contributed by atoms with van der Waals surface area (Å²) < 4.78 is 0. The molecule has 2 heterocycles. The Bertz CT molecular complexity index is 750. The smallest absolute Gasteiger partial charge is 0.225 e. The Hall–Kier alpha value is -2.08. The summed E-state index contributed by atoms with van der Waals surface area (Å²) in [4.78, 5) is 21.6. The van der Waals surface area contributed by atoms with Crippen LogP contribution in [0.4, 0.5) is 0 Å². The van der Waals surface area contributed by atoms with Crippen molar-refractivity contribution in [3.63, 3.8) is 0 Å². The van der Waals surface area contributed by atoms with Gasteiger partial charge in [-0.3, -0.25) is 9.69 Å². The van der Waals surface area contributed by atoms with Gasteiger partial charge in [0.05, 0.1) is 6.54 Å². The van der Waals surface area contributed by atoms with Crippen molar-refractivity contribution in [2.45, 2.75) is 66.6 Å². The number of likely N-dealkylation sites (tertiary alicyclic amines) is 2. The molecule has 1 amide bonds. The molecule has 0 bridgehead atoms. The topological polar surface area (TPSA) is 60.0 Å². The molecule has 2 fully saturated rings. The van der Waals surface area contributed by atoms with Crippen LogP contribution in [0.3, 0.4) is 0 Å². The molecule has 2 aliphatic heterocycles. The summed E-state index contributed by atoms with van der Waals surface area (Å²) in [5, 5.41) is 6.87. The van der Waals surface area contributed by atoms with Gasteiger partial charge in [0.1, 0.15) is 0 Å². The lowest BCUT2D eigenvalue weighted by molar-refractivity contribution is -0.133. The van der Waals surface area contributed by atoms with Crippen molar-refractivity contribution in [3.05, 3.63) is 35.4 Å². The Kier molecular flexibility index (Phi) is 8.97. The maximum Gasteiger partial charge on any atom is 0.225 e. The number of aliphatic imine (C=N–C) groups is 1. The molecule has 32 heavy (non-hydrogen) atoms. The fraction of sp³-hybridized carbons (Fsp3) is 0.692. The zero-order chi connectivity index (χ0) is 23.1. The number of rotatable bonds is 7. The summed E-state index contributed by atoms with van der Waals surface area (Å²) >= 11 is 0. The predicted octanol–water partition coefficient (Wildman–Crippen LogP) is 3.48. The van der Waals surface area contributed by atoms with E-state index < -0.39 is 0 Å². The quantitative estimate of drug-likeness (QED) is 0.502. The highest BCUT2D eigenvalue weighted by Crippen LogP contribution is 2.22. The number of hydrogen-bond acceptors (Lipinski definition) is 3. The van der Waals surface area contributed by atoms with E-state index in [1.807, 2.05) is 18.7 Å². The van der Waals surface area contributed by atoms with Crippen LogP contribution in [0.2, 0.25) is 0 Å². The average Bonchev–Trinajstić information content (AvgIpc) is 3.20. The average molecular weight is 442 g/mol. The third-order valence-corrected chi connectivity index (χ3v) is 6.47. The number of carbonyl (C=O) groups is 1. The second kappa shape index (κ2) is 11.7. The van der Waals surface area contributed by atoms with E-state index in [-0.39, 0.29) is 17.9 Å². The van der Waals surface area contributed by atoms with E-state index in [0.717, 1.165) is 50.4 Å². The minimum atomic E-state index is 0.0559. The predicted molar refractivity (Wildman–Crippen MR) is 132 cm³/mol. The first-order valence-corrected chi connectivity index (χ1v) is 12.5. The second-order valence-corrected chi connectivity index (χ2v) is 10.2. The van der Waals surface area contributed by atoms with Gasteiger partial charge >= 0.3 is 0 Å². The summed E-state index contributed by atoms with van der Waals surface area (Å²) in [5.41, 5.74) is 2.60. The highest BCUT2D eigenvalue weighted by atomic mass is 16.2. The number of benzene rings is 1. The van der Waals surface area contributed by atoms with Gasteiger partial charge in [-0.05, 0) is 42.7 Å². The normalized spacial score (nSPS) is 24.8. The maximum atomic E-state index is 12.2. The van der Waals surface area contributed by atoms with Gasteiger partial charge in [0.2, 0.25) is 5.91 Å². The van der Waals surface area contributed by atoms with E-state index in [9.17, 15) is 4.79 Å². The Morgan fingerprint density at radius 3 is 2.38 bits per heavy atom. The number of guanidine groups is 1. The fourth-order valence-corrected chi connectivity index (χ4v) is 5.06. The van der Waals surface area contributed by atoms with E-state index in [1.165, 1.54) is 30.6 Å². The lowest BCUT2D eigenvalue weighted by Gasteiger charge is -2.35. The van der Waals surface area contributed by atoms with Crippen LogP contribution in [0.25, 0.3) is 0 Å². The maximum absolute atomic E-state index is 12.2. The van der Waals surface area contributed by atoms with Gasteiger partial charge in [-0.25, -0.2) is 4.99 Å². The van der Waals surface area contributed by atoms with Crippen LogP contribution in [0.1, 0.15) is 58.6 Å². The molecule has 6 nitrogen and oxygen atoms in total. The summed E-state index contributed by atoms with van der Waals surface area (Å²) in [7, 11) is 0. The molecule has 0 aliphatic carbocycles. The van der Waals surface area contributed by atoms with Crippen molar-refractivity contribution in [1.82, 2.24) is 20.4 Å². The molecule has 0 saturated carbocycles. The first kappa shape index (κ1) is 24.6. The summed E-state index contributed by atoms with van der Waals surface area (Å²) in [6.07, 6.45) is 2.31. The molecule has 2 saturated heterocycles. The van der Waals surface area contributed by atoms with Crippen molar-refractivity contribution >= 4 is 11.9 Å².